The third-order valence-electron chi connectivity index (χ3n) is 2.73. The van der Waals surface area contributed by atoms with Gasteiger partial charge in [-0.2, -0.15) is 0 Å². The second kappa shape index (κ2) is 6.28. The molecule has 4 nitrogen and oxygen atoms in total. The Bertz CT molecular complexity index is 570. The zero-order valence-electron chi connectivity index (χ0n) is 12.0. The Morgan fingerprint density at radius 2 is 1.90 bits per heavy atom. The molecule has 0 radical (unpaired) electrons. The lowest BCUT2D eigenvalue weighted by atomic mass is 10.2. The number of carbonyl (C=O) groups is 1. The zero-order valence-corrected chi connectivity index (χ0v) is 12.0. The van der Waals surface area contributed by atoms with E-state index in [0.717, 1.165) is 17.2 Å². The molecule has 2 aromatic rings. The lowest BCUT2D eigenvalue weighted by Crippen LogP contribution is -2.11. The summed E-state index contributed by atoms with van der Waals surface area (Å²) in [5, 5.41) is 3.24. The fourth-order valence-electron chi connectivity index (χ4n) is 1.78. The Labute approximate surface area is 118 Å². The smallest absolute Gasteiger partial charge is 0.338 e. The molecular weight excluding hydrogens is 254 g/mol. The Kier molecular flexibility index (Phi) is 4.45. The van der Waals surface area contributed by atoms with E-state index in [-0.39, 0.29) is 12.1 Å². The van der Waals surface area contributed by atoms with E-state index in [1.165, 1.54) is 0 Å². The van der Waals surface area contributed by atoms with Gasteiger partial charge in [-0.3, -0.25) is 0 Å². The molecule has 106 valence electrons. The summed E-state index contributed by atoms with van der Waals surface area (Å²) in [6.45, 7) is 6.20. The number of esters is 1. The zero-order chi connectivity index (χ0) is 14.5. The number of ether oxygens (including phenoxy) is 1. The minimum Gasteiger partial charge on any atom is -0.465 e. The predicted octanol–water partition coefficient (Wildman–Crippen LogP) is 3.77. The van der Waals surface area contributed by atoms with Crippen LogP contribution in [0.15, 0.2) is 40.8 Å². The third kappa shape index (κ3) is 3.88. The molecule has 0 saturated heterocycles. The molecule has 2 rings (SSSR count). The minimum absolute atomic E-state index is 0.109. The van der Waals surface area contributed by atoms with E-state index in [1.807, 2.05) is 45.0 Å². The number of nitrogens with one attached hydrogen (secondary N) is 1. The highest BCUT2D eigenvalue weighted by Crippen LogP contribution is 2.13. The molecule has 4 heteroatoms. The summed E-state index contributed by atoms with van der Waals surface area (Å²) in [6.07, 6.45) is -0.109. The highest BCUT2D eigenvalue weighted by molar-refractivity contribution is 5.89. The van der Waals surface area contributed by atoms with E-state index in [9.17, 15) is 4.79 Å². The van der Waals surface area contributed by atoms with Crippen molar-refractivity contribution in [2.24, 2.45) is 0 Å². The van der Waals surface area contributed by atoms with Crippen molar-refractivity contribution in [3.63, 3.8) is 0 Å². The number of hydrogen-bond acceptors (Lipinski definition) is 4. The van der Waals surface area contributed by atoms with Crippen molar-refractivity contribution >= 4 is 11.7 Å². The van der Waals surface area contributed by atoms with Crippen LogP contribution in [0.3, 0.4) is 0 Å². The Morgan fingerprint density at radius 1 is 1.20 bits per heavy atom. The van der Waals surface area contributed by atoms with Gasteiger partial charge in [-0.25, -0.2) is 4.79 Å². The number of carbonyl (C=O) groups excluding carboxylic acids is 1. The van der Waals surface area contributed by atoms with Gasteiger partial charge in [-0.05, 0) is 57.2 Å². The molecule has 0 bridgehead atoms. The van der Waals surface area contributed by atoms with Crippen molar-refractivity contribution in [3.8, 4) is 0 Å². The van der Waals surface area contributed by atoms with Gasteiger partial charge in [0.05, 0.1) is 18.2 Å². The Hall–Kier alpha value is -2.23. The Balaban J connectivity index is 1.93. The third-order valence-corrected chi connectivity index (χ3v) is 2.73. The van der Waals surface area contributed by atoms with Crippen molar-refractivity contribution in [2.75, 3.05) is 5.32 Å². The first kappa shape index (κ1) is 14.2. The van der Waals surface area contributed by atoms with Crippen molar-refractivity contribution in [1.29, 1.82) is 0 Å². The van der Waals surface area contributed by atoms with Gasteiger partial charge in [0.25, 0.3) is 0 Å². The van der Waals surface area contributed by atoms with Gasteiger partial charge in [-0.15, -0.1) is 0 Å². The van der Waals surface area contributed by atoms with Gasteiger partial charge in [0.1, 0.15) is 11.5 Å². The fraction of sp³-hybridized carbons (Fsp3) is 0.312. The molecule has 1 heterocycles. The van der Waals surface area contributed by atoms with Gasteiger partial charge >= 0.3 is 5.97 Å². The summed E-state index contributed by atoms with van der Waals surface area (Å²) < 4.78 is 10.6. The normalized spacial score (nSPS) is 10.6. The molecule has 0 aliphatic heterocycles. The maximum Gasteiger partial charge on any atom is 0.338 e. The molecular formula is C16H19NO3. The van der Waals surface area contributed by atoms with Crippen molar-refractivity contribution in [3.05, 3.63) is 53.5 Å². The minimum atomic E-state index is -0.298. The molecule has 0 aliphatic rings. The van der Waals surface area contributed by atoms with Crippen LogP contribution in [0.25, 0.3) is 0 Å². The lowest BCUT2D eigenvalue weighted by Gasteiger charge is -2.09. The largest absolute Gasteiger partial charge is 0.465 e. The van der Waals surface area contributed by atoms with Crippen LogP contribution in [0, 0.1) is 6.92 Å². The van der Waals surface area contributed by atoms with Crippen molar-refractivity contribution < 1.29 is 13.9 Å². The molecule has 0 aliphatic carbocycles. The van der Waals surface area contributed by atoms with Crippen molar-refractivity contribution in [2.45, 2.75) is 33.4 Å². The van der Waals surface area contributed by atoms with Crippen LogP contribution < -0.4 is 5.32 Å². The highest BCUT2D eigenvalue weighted by atomic mass is 16.5. The quantitative estimate of drug-likeness (QED) is 0.843. The number of aryl methyl sites for hydroxylation is 1. The fourth-order valence-corrected chi connectivity index (χ4v) is 1.78. The van der Waals surface area contributed by atoms with Gasteiger partial charge in [-0.1, -0.05) is 0 Å². The second-order valence-corrected chi connectivity index (χ2v) is 4.90. The van der Waals surface area contributed by atoms with Crippen LogP contribution in [0.2, 0.25) is 0 Å². The van der Waals surface area contributed by atoms with Crippen LogP contribution in [0.1, 0.15) is 35.7 Å². The number of hydrogen-bond donors (Lipinski definition) is 1. The number of rotatable bonds is 5. The molecule has 1 N–H and O–H groups in total. The topological polar surface area (TPSA) is 51.5 Å². The number of furan rings is 1. The lowest BCUT2D eigenvalue weighted by molar-refractivity contribution is 0.0378. The summed E-state index contributed by atoms with van der Waals surface area (Å²) in [4.78, 5) is 11.7. The molecule has 1 aromatic heterocycles. The summed E-state index contributed by atoms with van der Waals surface area (Å²) >= 11 is 0. The average molecular weight is 273 g/mol. The summed E-state index contributed by atoms with van der Waals surface area (Å²) in [6, 6.07) is 11.1. The van der Waals surface area contributed by atoms with E-state index in [1.54, 1.807) is 12.1 Å². The van der Waals surface area contributed by atoms with E-state index in [0.29, 0.717) is 12.1 Å². The molecule has 0 spiro atoms. The molecule has 1 aromatic carbocycles. The highest BCUT2D eigenvalue weighted by Gasteiger charge is 2.08. The molecule has 0 amide bonds. The van der Waals surface area contributed by atoms with E-state index in [2.05, 4.69) is 5.32 Å². The molecule has 20 heavy (non-hydrogen) atoms. The number of anilines is 1. The van der Waals surface area contributed by atoms with Crippen LogP contribution in [0.5, 0.6) is 0 Å². The van der Waals surface area contributed by atoms with Gasteiger partial charge in [0.15, 0.2) is 0 Å². The summed E-state index contributed by atoms with van der Waals surface area (Å²) in [5.41, 5.74) is 1.48. The average Bonchev–Trinajstić information content (AvgIpc) is 2.82. The SMILES string of the molecule is Cc1ccc(CNc2ccc(C(=O)OC(C)C)cc2)o1. The monoisotopic (exact) mass is 273 g/mol. The first-order valence-corrected chi connectivity index (χ1v) is 6.65. The summed E-state index contributed by atoms with van der Waals surface area (Å²) in [5.74, 6) is 1.48. The maximum absolute atomic E-state index is 11.7. The van der Waals surface area contributed by atoms with Gasteiger partial charge < -0.3 is 14.5 Å². The molecule has 0 saturated carbocycles. The standard InChI is InChI=1S/C16H19NO3/c1-11(2)19-16(18)13-5-7-14(8-6-13)17-10-15-9-4-12(3)20-15/h4-9,11,17H,10H2,1-3H3. The first-order chi connectivity index (χ1) is 9.54. The Morgan fingerprint density at radius 3 is 2.45 bits per heavy atom. The second-order valence-electron chi connectivity index (χ2n) is 4.90. The molecule has 0 fully saturated rings. The van der Waals surface area contributed by atoms with Crippen molar-refractivity contribution in [1.82, 2.24) is 0 Å². The van der Waals surface area contributed by atoms with Crippen LogP contribution >= 0.6 is 0 Å². The van der Waals surface area contributed by atoms with E-state index >= 15 is 0 Å². The van der Waals surface area contributed by atoms with Crippen LogP contribution in [0.4, 0.5) is 5.69 Å². The van der Waals surface area contributed by atoms with E-state index in [4.69, 9.17) is 9.15 Å². The van der Waals surface area contributed by atoms with Gasteiger partial charge in [0, 0.05) is 5.69 Å². The van der Waals surface area contributed by atoms with E-state index < -0.39 is 0 Å². The van der Waals surface area contributed by atoms with Gasteiger partial charge in [0.2, 0.25) is 0 Å². The first-order valence-electron chi connectivity index (χ1n) is 6.65. The van der Waals surface area contributed by atoms with Crippen LogP contribution in [-0.2, 0) is 11.3 Å². The number of benzene rings is 1. The molecule has 0 atom stereocenters. The maximum atomic E-state index is 11.7. The van der Waals surface area contributed by atoms with Crippen LogP contribution in [-0.4, -0.2) is 12.1 Å². The predicted molar refractivity (Wildman–Crippen MR) is 77.8 cm³/mol. The summed E-state index contributed by atoms with van der Waals surface area (Å²) in [7, 11) is 0. The molecule has 0 unspecified atom stereocenters.